The Morgan fingerprint density at radius 3 is 1.30 bits per heavy atom. The molecule has 0 bridgehead atoms. The van der Waals surface area contributed by atoms with Gasteiger partial charge >= 0.3 is 0 Å². The highest BCUT2D eigenvalue weighted by molar-refractivity contribution is 5.46. The summed E-state index contributed by atoms with van der Waals surface area (Å²) in [4.78, 5) is 0. The highest BCUT2D eigenvalue weighted by atomic mass is 16.5. The molecule has 0 amide bonds. The van der Waals surface area contributed by atoms with Gasteiger partial charge in [-0.2, -0.15) is 5.26 Å². The third-order valence-corrected chi connectivity index (χ3v) is 10.6. The molecule has 0 spiro atoms. The Labute approximate surface area is 283 Å². The van der Waals surface area contributed by atoms with Crippen LogP contribution in [0, 0.1) is 11.3 Å². The van der Waals surface area contributed by atoms with E-state index in [4.69, 9.17) is 4.74 Å². The van der Waals surface area contributed by atoms with Crippen molar-refractivity contribution in [2.45, 2.75) is 155 Å². The molecule has 3 aromatic carbocycles. The van der Waals surface area contributed by atoms with Crippen LogP contribution in [0.1, 0.15) is 162 Å². The molecule has 0 heterocycles. The number of hydrogen-bond donors (Lipinski definition) is 0. The van der Waals surface area contributed by atoms with Crippen LogP contribution in [-0.2, 0) is 32.5 Å². The van der Waals surface area contributed by atoms with Crippen LogP contribution in [0.25, 0.3) is 0 Å². The van der Waals surface area contributed by atoms with Gasteiger partial charge in [-0.15, -0.1) is 0 Å². The Hall–Kier alpha value is -3.05. The number of ether oxygens (including phenoxy) is 1. The van der Waals surface area contributed by atoms with Gasteiger partial charge in [-0.3, -0.25) is 0 Å². The molecule has 46 heavy (non-hydrogen) atoms. The molecule has 2 heteroatoms. The van der Waals surface area contributed by atoms with E-state index in [-0.39, 0.29) is 32.5 Å². The zero-order valence-corrected chi connectivity index (χ0v) is 32.0. The Bertz CT molecular complexity index is 1550. The van der Waals surface area contributed by atoms with Crippen LogP contribution in [0.15, 0.2) is 60.7 Å². The predicted octanol–water partition coefficient (Wildman–Crippen LogP) is 12.2. The summed E-state index contributed by atoms with van der Waals surface area (Å²) < 4.78 is 5.62. The first-order valence-corrected chi connectivity index (χ1v) is 17.3. The van der Waals surface area contributed by atoms with Crippen molar-refractivity contribution in [1.29, 1.82) is 5.26 Å². The predicted molar refractivity (Wildman–Crippen MR) is 199 cm³/mol. The maximum Gasteiger partial charge on any atom is 0.119 e. The quantitative estimate of drug-likeness (QED) is 0.213. The van der Waals surface area contributed by atoms with Gasteiger partial charge in [-0.1, -0.05) is 133 Å². The molecular formula is C44H63NO. The monoisotopic (exact) mass is 621 g/mol. The summed E-state index contributed by atoms with van der Waals surface area (Å²) in [6, 6.07) is 24.5. The number of hydrogen-bond acceptors (Lipinski definition) is 2. The summed E-state index contributed by atoms with van der Waals surface area (Å²) in [5, 5.41) is 9.95. The van der Waals surface area contributed by atoms with E-state index >= 15 is 0 Å². The number of rotatable bonds is 11. The molecule has 250 valence electrons. The van der Waals surface area contributed by atoms with Crippen LogP contribution in [0.4, 0.5) is 0 Å². The molecule has 2 nitrogen and oxygen atoms in total. The number of nitriles is 1. The summed E-state index contributed by atoms with van der Waals surface area (Å²) in [5.74, 6) is 0.912. The van der Waals surface area contributed by atoms with Gasteiger partial charge in [0.2, 0.25) is 0 Å². The summed E-state index contributed by atoms with van der Waals surface area (Å²) in [7, 11) is 1.75. The molecule has 0 fully saturated rings. The van der Waals surface area contributed by atoms with Gasteiger partial charge in [-0.05, 0) is 116 Å². The van der Waals surface area contributed by atoms with Gasteiger partial charge in [0.15, 0.2) is 0 Å². The molecular weight excluding hydrogens is 558 g/mol. The fourth-order valence-electron chi connectivity index (χ4n) is 7.14. The van der Waals surface area contributed by atoms with Crippen LogP contribution in [-0.4, -0.2) is 7.11 Å². The molecule has 0 unspecified atom stereocenters. The second-order valence-corrected chi connectivity index (χ2v) is 18.4. The van der Waals surface area contributed by atoms with Crippen molar-refractivity contribution < 1.29 is 4.74 Å². The van der Waals surface area contributed by atoms with E-state index < -0.39 is 0 Å². The standard InChI is InChI=1S/C44H63NO/c1-39(2,3)33-18-16-17-19-34(33)41(7,8)24-25-43(11,12)36-22-20-31(30-45)28-38(36)44(13,14)27-26-42(9,10)35-23-21-32(46-15)29-37(35)40(4,5)6/h16-23,28-29H,24-27H2,1-15H3. The van der Waals surface area contributed by atoms with Crippen molar-refractivity contribution in [2.24, 2.45) is 0 Å². The molecule has 0 aromatic heterocycles. The van der Waals surface area contributed by atoms with Gasteiger partial charge < -0.3 is 4.74 Å². The molecule has 0 aliphatic rings. The van der Waals surface area contributed by atoms with Crippen molar-refractivity contribution in [1.82, 2.24) is 0 Å². The Balaban J connectivity index is 1.96. The first-order valence-electron chi connectivity index (χ1n) is 17.3. The zero-order chi connectivity index (χ0) is 34.9. The minimum Gasteiger partial charge on any atom is -0.497 e. The number of methoxy groups -OCH3 is 1. The third kappa shape index (κ3) is 8.45. The van der Waals surface area contributed by atoms with Gasteiger partial charge in [0.1, 0.15) is 5.75 Å². The smallest absolute Gasteiger partial charge is 0.119 e. The van der Waals surface area contributed by atoms with Crippen molar-refractivity contribution in [3.63, 3.8) is 0 Å². The SMILES string of the molecule is COc1ccc(C(C)(C)CCC(C)(C)c2cc(C#N)ccc2C(C)(C)CCC(C)(C)c2ccccc2C(C)(C)C)c(C(C)(C)C)c1. The van der Waals surface area contributed by atoms with E-state index in [9.17, 15) is 5.26 Å². The lowest BCUT2D eigenvalue weighted by Gasteiger charge is -2.39. The molecule has 0 saturated heterocycles. The lowest BCUT2D eigenvalue weighted by Crippen LogP contribution is -2.31. The van der Waals surface area contributed by atoms with Crippen LogP contribution >= 0.6 is 0 Å². The van der Waals surface area contributed by atoms with E-state index in [0.29, 0.717) is 0 Å². The van der Waals surface area contributed by atoms with Crippen molar-refractivity contribution in [3.05, 3.63) is 99.6 Å². The Kier molecular flexibility index (Phi) is 10.7. The summed E-state index contributed by atoms with van der Waals surface area (Å²) in [6.45, 7) is 32.9. The molecule has 0 atom stereocenters. The first-order chi connectivity index (χ1) is 21.0. The Morgan fingerprint density at radius 1 is 0.478 bits per heavy atom. The zero-order valence-electron chi connectivity index (χ0n) is 32.0. The lowest BCUT2D eigenvalue weighted by molar-refractivity contribution is 0.347. The third-order valence-electron chi connectivity index (χ3n) is 10.6. The van der Waals surface area contributed by atoms with Crippen molar-refractivity contribution >= 4 is 0 Å². The minimum atomic E-state index is -0.112. The molecule has 0 radical (unpaired) electrons. The topological polar surface area (TPSA) is 33.0 Å². The fraction of sp³-hybridized carbons (Fsp3) is 0.568. The van der Waals surface area contributed by atoms with Crippen LogP contribution in [0.5, 0.6) is 5.75 Å². The normalized spacial score (nSPS) is 13.4. The van der Waals surface area contributed by atoms with Gasteiger partial charge in [-0.25, -0.2) is 0 Å². The van der Waals surface area contributed by atoms with E-state index in [1.807, 2.05) is 6.07 Å². The summed E-state index contributed by atoms with van der Waals surface area (Å²) in [6.07, 6.45) is 4.17. The average Bonchev–Trinajstić information content (AvgIpc) is 2.97. The molecule has 3 rings (SSSR count). The summed E-state index contributed by atoms with van der Waals surface area (Å²) in [5.41, 5.74) is 9.00. The molecule has 0 N–H and O–H groups in total. The van der Waals surface area contributed by atoms with E-state index in [0.717, 1.165) is 37.0 Å². The van der Waals surface area contributed by atoms with E-state index in [2.05, 4.69) is 158 Å². The number of benzene rings is 3. The Morgan fingerprint density at radius 2 is 0.870 bits per heavy atom. The summed E-state index contributed by atoms with van der Waals surface area (Å²) >= 11 is 0. The second kappa shape index (κ2) is 13.2. The molecule has 0 saturated carbocycles. The highest BCUT2D eigenvalue weighted by Gasteiger charge is 2.36. The van der Waals surface area contributed by atoms with E-state index in [1.165, 1.54) is 33.4 Å². The van der Waals surface area contributed by atoms with Crippen LogP contribution in [0.3, 0.4) is 0 Å². The van der Waals surface area contributed by atoms with Crippen molar-refractivity contribution in [2.75, 3.05) is 7.11 Å². The van der Waals surface area contributed by atoms with E-state index in [1.54, 1.807) is 7.11 Å². The maximum atomic E-state index is 9.95. The fourth-order valence-corrected chi connectivity index (χ4v) is 7.14. The average molecular weight is 622 g/mol. The van der Waals surface area contributed by atoms with Crippen LogP contribution < -0.4 is 4.74 Å². The van der Waals surface area contributed by atoms with Crippen molar-refractivity contribution in [3.8, 4) is 11.8 Å². The van der Waals surface area contributed by atoms with Gasteiger partial charge in [0.05, 0.1) is 18.7 Å². The van der Waals surface area contributed by atoms with Gasteiger partial charge in [0, 0.05) is 0 Å². The van der Waals surface area contributed by atoms with Gasteiger partial charge in [0.25, 0.3) is 0 Å². The molecule has 0 aliphatic carbocycles. The maximum absolute atomic E-state index is 9.95. The highest BCUT2D eigenvalue weighted by Crippen LogP contribution is 2.46. The second-order valence-electron chi connectivity index (χ2n) is 18.4. The minimum absolute atomic E-state index is 0.0101. The first kappa shape index (κ1) is 37.4. The molecule has 0 aliphatic heterocycles. The molecule has 3 aromatic rings. The number of nitrogens with zero attached hydrogens (tertiary/aromatic N) is 1. The lowest BCUT2D eigenvalue weighted by atomic mass is 9.65. The largest absolute Gasteiger partial charge is 0.497 e. The van der Waals surface area contributed by atoms with Crippen LogP contribution in [0.2, 0.25) is 0 Å².